The fourth-order valence-electron chi connectivity index (χ4n) is 0.418. The minimum absolute atomic E-state index is 0.187. The van der Waals surface area contributed by atoms with Crippen LogP contribution in [0.25, 0.3) is 0 Å². The molecule has 0 fully saturated rings. The van der Waals surface area contributed by atoms with Crippen LogP contribution in [0.15, 0.2) is 5.16 Å². The Bertz CT molecular complexity index is 230. The van der Waals surface area contributed by atoms with Crippen molar-refractivity contribution < 1.29 is 14.4 Å². The second-order valence-corrected chi connectivity index (χ2v) is 3.19. The lowest BCUT2D eigenvalue weighted by Crippen LogP contribution is -2.21. The van der Waals surface area contributed by atoms with Crippen LogP contribution in [-0.4, -0.2) is 42.4 Å². The normalized spacial score (nSPS) is 9.93. The predicted molar refractivity (Wildman–Crippen MR) is 55.3 cm³/mol. The molecule has 0 rings (SSSR count). The smallest absolute Gasteiger partial charge is 0.339 e. The Hall–Kier alpha value is -1.24. The zero-order valence-electron chi connectivity index (χ0n) is 8.31. The zero-order valence-corrected chi connectivity index (χ0v) is 9.13. The molecular weight excluding hydrogens is 206 g/mol. The summed E-state index contributed by atoms with van der Waals surface area (Å²) in [5.41, 5.74) is 1.16. The number of thioether (sulfide) groups is 1. The summed E-state index contributed by atoms with van der Waals surface area (Å²) in [6.45, 7) is 2.23. The topological polar surface area (TPSA) is 71.0 Å². The molecule has 6 nitrogen and oxygen atoms in total. The molecule has 7 heteroatoms. The van der Waals surface area contributed by atoms with Crippen LogP contribution in [0.3, 0.4) is 0 Å². The second-order valence-electron chi connectivity index (χ2n) is 2.40. The maximum atomic E-state index is 11.0. The van der Waals surface area contributed by atoms with Gasteiger partial charge in [0.2, 0.25) is 0 Å². The minimum atomic E-state index is -0.637. The zero-order chi connectivity index (χ0) is 11.0. The maximum absolute atomic E-state index is 11.0. The quantitative estimate of drug-likeness (QED) is 0.334. The molecule has 0 aromatic heterocycles. The predicted octanol–water partition coefficient (Wildman–Crippen LogP) is 1.09. The van der Waals surface area contributed by atoms with Gasteiger partial charge in [0.1, 0.15) is 5.55 Å². The highest BCUT2D eigenvalue weighted by molar-refractivity contribution is 8.24. The average Bonchev–Trinajstić information content (AvgIpc) is 2.12. The van der Waals surface area contributed by atoms with Gasteiger partial charge in [-0.2, -0.15) is 0 Å². The van der Waals surface area contributed by atoms with Crippen LogP contribution < -0.4 is 5.32 Å². The van der Waals surface area contributed by atoms with Crippen LogP contribution in [0.2, 0.25) is 0 Å². The van der Waals surface area contributed by atoms with Crippen LogP contribution in [0, 0.1) is 0 Å². The van der Waals surface area contributed by atoms with E-state index in [-0.39, 0.29) is 5.24 Å². The van der Waals surface area contributed by atoms with Crippen molar-refractivity contribution in [2.75, 3.05) is 20.6 Å². The molecule has 2 amide bonds. The van der Waals surface area contributed by atoms with E-state index in [9.17, 15) is 9.59 Å². The highest BCUT2D eigenvalue weighted by Gasteiger charge is 2.02. The monoisotopic (exact) mass is 219 g/mol. The average molecular weight is 219 g/mol. The number of oxime groups is 1. The summed E-state index contributed by atoms with van der Waals surface area (Å²) < 4.78 is 0. The van der Waals surface area contributed by atoms with E-state index in [4.69, 9.17) is 0 Å². The number of carbonyl (C=O) groups excluding carboxylic acids is 2. The van der Waals surface area contributed by atoms with E-state index in [1.54, 1.807) is 21.0 Å². The number of nitrogens with one attached hydrogen (secondary N) is 1. The molecule has 0 bridgehead atoms. The van der Waals surface area contributed by atoms with Gasteiger partial charge < -0.3 is 10.2 Å². The molecule has 0 heterocycles. The van der Waals surface area contributed by atoms with Crippen LogP contribution in [0.5, 0.6) is 0 Å². The molecule has 0 aliphatic heterocycles. The van der Waals surface area contributed by atoms with E-state index < -0.39 is 6.09 Å². The molecule has 0 saturated heterocycles. The van der Waals surface area contributed by atoms with Gasteiger partial charge in [0.05, 0.1) is 0 Å². The molecule has 80 valence electrons. The summed E-state index contributed by atoms with van der Waals surface area (Å²) in [5, 5.41) is 5.48. The first kappa shape index (κ1) is 12.8. The van der Waals surface area contributed by atoms with Gasteiger partial charge >= 0.3 is 6.09 Å². The standard InChI is InChI=1S/C7H13N3O3S/c1-4-8-6(11)13-9-5-14-7(12)10(2)3/h5H,4H2,1-3H3,(H,8,11). The van der Waals surface area contributed by atoms with Crippen molar-refractivity contribution in [1.29, 1.82) is 0 Å². The largest absolute Gasteiger partial charge is 0.433 e. The SMILES string of the molecule is CCNC(=O)ON=CSC(=O)N(C)C. The minimum Gasteiger partial charge on any atom is -0.339 e. The van der Waals surface area contributed by atoms with Crippen molar-refractivity contribution in [3.63, 3.8) is 0 Å². The Balaban J connectivity index is 3.64. The molecule has 0 radical (unpaired) electrons. The molecule has 0 aliphatic carbocycles. The highest BCUT2D eigenvalue weighted by Crippen LogP contribution is 2.01. The van der Waals surface area contributed by atoms with Crippen LogP contribution in [0.4, 0.5) is 9.59 Å². The number of carbonyl (C=O) groups is 2. The number of hydrogen-bond acceptors (Lipinski definition) is 5. The number of nitrogens with zero attached hydrogens (tertiary/aromatic N) is 2. The lowest BCUT2D eigenvalue weighted by atomic mass is 10.8. The molecule has 0 spiro atoms. The first-order valence-corrected chi connectivity index (χ1v) is 4.80. The van der Waals surface area contributed by atoms with Gasteiger partial charge in [0.25, 0.3) is 5.24 Å². The van der Waals surface area contributed by atoms with Gasteiger partial charge in [-0.15, -0.1) is 0 Å². The van der Waals surface area contributed by atoms with E-state index in [0.717, 1.165) is 17.3 Å². The van der Waals surface area contributed by atoms with Gasteiger partial charge in [-0.05, 0) is 18.7 Å². The van der Waals surface area contributed by atoms with Crippen LogP contribution >= 0.6 is 11.8 Å². The van der Waals surface area contributed by atoms with Crippen molar-refractivity contribution in [2.24, 2.45) is 5.16 Å². The van der Waals surface area contributed by atoms with Crippen LogP contribution in [0.1, 0.15) is 6.92 Å². The lowest BCUT2D eigenvalue weighted by molar-refractivity contribution is 0.152. The van der Waals surface area contributed by atoms with Crippen molar-refractivity contribution in [2.45, 2.75) is 6.92 Å². The van der Waals surface area contributed by atoms with E-state index in [2.05, 4.69) is 15.3 Å². The number of amides is 2. The molecule has 0 aromatic rings. The fraction of sp³-hybridized carbons (Fsp3) is 0.571. The van der Waals surface area contributed by atoms with Gasteiger partial charge in [-0.1, -0.05) is 5.16 Å². The first-order valence-electron chi connectivity index (χ1n) is 3.92. The molecule has 14 heavy (non-hydrogen) atoms. The Kier molecular flexibility index (Phi) is 6.55. The number of rotatable bonds is 3. The van der Waals surface area contributed by atoms with Crippen molar-refractivity contribution in [1.82, 2.24) is 10.2 Å². The summed E-state index contributed by atoms with van der Waals surface area (Å²) >= 11 is 0.835. The summed E-state index contributed by atoms with van der Waals surface area (Å²) in [7, 11) is 3.24. The van der Waals surface area contributed by atoms with E-state index in [1.165, 1.54) is 4.90 Å². The Labute approximate surface area is 86.6 Å². The molecule has 0 atom stereocenters. The van der Waals surface area contributed by atoms with E-state index in [0.29, 0.717) is 6.54 Å². The van der Waals surface area contributed by atoms with Crippen molar-refractivity contribution >= 4 is 28.6 Å². The molecule has 0 aromatic carbocycles. The summed E-state index contributed by atoms with van der Waals surface area (Å²) in [5.74, 6) is 0. The Morgan fingerprint density at radius 2 is 2.21 bits per heavy atom. The van der Waals surface area contributed by atoms with Crippen LogP contribution in [-0.2, 0) is 4.84 Å². The van der Waals surface area contributed by atoms with Gasteiger partial charge in [-0.3, -0.25) is 9.63 Å². The Morgan fingerprint density at radius 1 is 1.57 bits per heavy atom. The molecule has 0 saturated carbocycles. The fourth-order valence-corrected chi connectivity index (χ4v) is 0.805. The third-order valence-corrected chi connectivity index (χ3v) is 1.78. The second kappa shape index (κ2) is 7.19. The third-order valence-electron chi connectivity index (χ3n) is 1.02. The maximum Gasteiger partial charge on any atom is 0.433 e. The van der Waals surface area contributed by atoms with Gasteiger partial charge in [0.15, 0.2) is 0 Å². The van der Waals surface area contributed by atoms with E-state index in [1.807, 2.05) is 0 Å². The Morgan fingerprint density at radius 3 is 2.71 bits per heavy atom. The lowest BCUT2D eigenvalue weighted by Gasteiger charge is -2.05. The van der Waals surface area contributed by atoms with Gasteiger partial charge in [-0.25, -0.2) is 4.79 Å². The molecular formula is C7H13N3O3S. The van der Waals surface area contributed by atoms with E-state index >= 15 is 0 Å². The molecule has 1 N–H and O–H groups in total. The number of hydrogen-bond donors (Lipinski definition) is 1. The third kappa shape index (κ3) is 6.30. The summed E-state index contributed by atoms with van der Waals surface area (Å²) in [4.78, 5) is 27.4. The highest BCUT2D eigenvalue weighted by atomic mass is 32.2. The molecule has 0 unspecified atom stereocenters. The first-order chi connectivity index (χ1) is 6.57. The summed E-state index contributed by atoms with van der Waals surface area (Å²) in [6, 6.07) is 0. The van der Waals surface area contributed by atoms with Crippen molar-refractivity contribution in [3.05, 3.63) is 0 Å². The summed E-state index contributed by atoms with van der Waals surface area (Å²) in [6.07, 6.45) is -0.637. The van der Waals surface area contributed by atoms with Crippen molar-refractivity contribution in [3.8, 4) is 0 Å². The molecule has 0 aliphatic rings. The van der Waals surface area contributed by atoms with Gasteiger partial charge in [0, 0.05) is 20.6 Å².